The van der Waals surface area contributed by atoms with E-state index in [0.29, 0.717) is 24.6 Å². The van der Waals surface area contributed by atoms with Gasteiger partial charge in [-0.1, -0.05) is 6.92 Å². The molecule has 9 heteroatoms. The number of tetrazole rings is 1. The molecule has 2 heterocycles. The number of β-amino-alcohol motifs (C(OH)–C–C–N with tert-alkyl or cyclic N) is 1. The standard InChI is InChI=1S/C15H18F3N5O/c1-10-6-7-22(8-13(10)24)9-14-19-20-21-23(14)12-4-2-11(3-5-12)15(16,17)18/h2-5,10,13,24H,6-9H2,1H3. The number of nitrogens with zero attached hydrogens (tertiary/aromatic N) is 5. The molecule has 130 valence electrons. The summed E-state index contributed by atoms with van der Waals surface area (Å²) in [6.45, 7) is 3.78. The summed E-state index contributed by atoms with van der Waals surface area (Å²) in [5.74, 6) is 0.781. The highest BCUT2D eigenvalue weighted by atomic mass is 19.4. The molecule has 0 radical (unpaired) electrons. The van der Waals surface area contributed by atoms with E-state index in [1.165, 1.54) is 16.8 Å². The first kappa shape index (κ1) is 16.8. The Bertz CT molecular complexity index is 685. The van der Waals surface area contributed by atoms with E-state index in [9.17, 15) is 18.3 Å². The summed E-state index contributed by atoms with van der Waals surface area (Å²) in [6, 6.07) is 4.70. The van der Waals surface area contributed by atoms with Crippen LogP contribution in [0.15, 0.2) is 24.3 Å². The van der Waals surface area contributed by atoms with Gasteiger partial charge in [-0.3, -0.25) is 4.90 Å². The van der Waals surface area contributed by atoms with Gasteiger partial charge in [0.2, 0.25) is 0 Å². The fourth-order valence-electron chi connectivity index (χ4n) is 2.75. The molecule has 1 saturated heterocycles. The second-order valence-corrected chi connectivity index (χ2v) is 6.12. The van der Waals surface area contributed by atoms with Crippen molar-refractivity contribution in [3.63, 3.8) is 0 Å². The zero-order valence-electron chi connectivity index (χ0n) is 13.1. The van der Waals surface area contributed by atoms with Gasteiger partial charge in [-0.15, -0.1) is 5.10 Å². The first-order chi connectivity index (χ1) is 11.3. The topological polar surface area (TPSA) is 67.1 Å². The number of benzene rings is 1. The average Bonchev–Trinajstić information content (AvgIpc) is 2.98. The fourth-order valence-corrected chi connectivity index (χ4v) is 2.75. The number of hydrogen-bond donors (Lipinski definition) is 1. The summed E-state index contributed by atoms with van der Waals surface area (Å²) < 4.78 is 39.3. The third-order valence-electron chi connectivity index (χ3n) is 4.34. The molecular weight excluding hydrogens is 323 g/mol. The van der Waals surface area contributed by atoms with E-state index in [0.717, 1.165) is 25.1 Å². The monoisotopic (exact) mass is 341 g/mol. The van der Waals surface area contributed by atoms with Crippen LogP contribution in [0.2, 0.25) is 0 Å². The maximum Gasteiger partial charge on any atom is 0.416 e. The summed E-state index contributed by atoms with van der Waals surface area (Å²) in [7, 11) is 0. The first-order valence-corrected chi connectivity index (χ1v) is 7.70. The fraction of sp³-hybridized carbons (Fsp3) is 0.533. The van der Waals surface area contributed by atoms with Crippen LogP contribution in [0, 0.1) is 5.92 Å². The second kappa shape index (κ2) is 6.48. The number of aromatic nitrogens is 4. The number of halogens is 3. The predicted octanol–water partition coefficient (Wildman–Crippen LogP) is 1.88. The number of hydrogen-bond acceptors (Lipinski definition) is 5. The maximum absolute atomic E-state index is 12.6. The molecule has 2 atom stereocenters. The smallest absolute Gasteiger partial charge is 0.392 e. The Morgan fingerprint density at radius 2 is 1.96 bits per heavy atom. The van der Waals surface area contributed by atoms with Gasteiger partial charge in [0.1, 0.15) is 0 Å². The lowest BCUT2D eigenvalue weighted by Crippen LogP contribution is -2.42. The minimum Gasteiger partial charge on any atom is -0.392 e. The Labute approximate surface area is 136 Å². The molecule has 1 aliphatic heterocycles. The van der Waals surface area contributed by atoms with Gasteiger partial charge in [0.15, 0.2) is 5.82 Å². The van der Waals surface area contributed by atoms with Gasteiger partial charge in [-0.25, -0.2) is 0 Å². The maximum atomic E-state index is 12.6. The van der Waals surface area contributed by atoms with Crippen molar-refractivity contribution < 1.29 is 18.3 Å². The number of aliphatic hydroxyl groups excluding tert-OH is 1. The molecule has 0 saturated carbocycles. The van der Waals surface area contributed by atoms with E-state index in [-0.39, 0.29) is 5.92 Å². The van der Waals surface area contributed by atoms with E-state index in [2.05, 4.69) is 15.5 Å². The minimum absolute atomic E-state index is 0.257. The van der Waals surface area contributed by atoms with E-state index < -0.39 is 17.8 Å². The van der Waals surface area contributed by atoms with Crippen molar-refractivity contribution in [3.05, 3.63) is 35.7 Å². The van der Waals surface area contributed by atoms with Crippen molar-refractivity contribution in [2.24, 2.45) is 5.92 Å². The van der Waals surface area contributed by atoms with Crippen molar-refractivity contribution >= 4 is 0 Å². The van der Waals surface area contributed by atoms with Crippen LogP contribution in [0.4, 0.5) is 13.2 Å². The Morgan fingerprint density at radius 1 is 1.25 bits per heavy atom. The van der Waals surface area contributed by atoms with Crippen LogP contribution in [0.25, 0.3) is 5.69 Å². The van der Waals surface area contributed by atoms with Crippen LogP contribution in [-0.2, 0) is 12.7 Å². The molecule has 2 unspecified atom stereocenters. The highest BCUT2D eigenvalue weighted by Gasteiger charge is 2.30. The molecule has 0 amide bonds. The van der Waals surface area contributed by atoms with Crippen LogP contribution in [0.3, 0.4) is 0 Å². The molecule has 1 aliphatic rings. The van der Waals surface area contributed by atoms with E-state index >= 15 is 0 Å². The number of rotatable bonds is 3. The summed E-state index contributed by atoms with van der Waals surface area (Å²) in [5, 5.41) is 21.4. The highest BCUT2D eigenvalue weighted by molar-refractivity contribution is 5.35. The van der Waals surface area contributed by atoms with Gasteiger partial charge in [0.05, 0.1) is 23.9 Å². The first-order valence-electron chi connectivity index (χ1n) is 7.70. The van der Waals surface area contributed by atoms with Crippen LogP contribution >= 0.6 is 0 Å². The lowest BCUT2D eigenvalue weighted by atomic mass is 9.96. The Balaban J connectivity index is 1.76. The Hall–Kier alpha value is -2.00. The van der Waals surface area contributed by atoms with Gasteiger partial charge in [0.25, 0.3) is 0 Å². The van der Waals surface area contributed by atoms with Crippen molar-refractivity contribution in [1.29, 1.82) is 0 Å². The number of piperidine rings is 1. The molecular formula is C15H18F3N5O. The third-order valence-corrected chi connectivity index (χ3v) is 4.34. The molecule has 0 aliphatic carbocycles. The van der Waals surface area contributed by atoms with E-state index in [1.807, 2.05) is 11.8 Å². The number of aliphatic hydroxyl groups is 1. The van der Waals surface area contributed by atoms with Crippen LogP contribution in [0.1, 0.15) is 24.7 Å². The molecule has 1 aromatic heterocycles. The van der Waals surface area contributed by atoms with Crippen molar-refractivity contribution in [1.82, 2.24) is 25.1 Å². The predicted molar refractivity (Wildman–Crippen MR) is 79.2 cm³/mol. The summed E-state index contributed by atoms with van der Waals surface area (Å²) in [4.78, 5) is 2.04. The lowest BCUT2D eigenvalue weighted by molar-refractivity contribution is -0.137. The molecule has 6 nitrogen and oxygen atoms in total. The number of likely N-dealkylation sites (tertiary alicyclic amines) is 1. The Kier molecular flexibility index (Phi) is 4.55. The van der Waals surface area contributed by atoms with Gasteiger partial charge < -0.3 is 5.11 Å². The zero-order valence-corrected chi connectivity index (χ0v) is 13.1. The van der Waals surface area contributed by atoms with Crippen LogP contribution in [0.5, 0.6) is 0 Å². The van der Waals surface area contributed by atoms with Crippen molar-refractivity contribution in [2.45, 2.75) is 32.2 Å². The highest BCUT2D eigenvalue weighted by Crippen LogP contribution is 2.29. The lowest BCUT2D eigenvalue weighted by Gasteiger charge is -2.33. The van der Waals surface area contributed by atoms with Gasteiger partial charge >= 0.3 is 6.18 Å². The molecule has 1 N–H and O–H groups in total. The van der Waals surface area contributed by atoms with Crippen molar-refractivity contribution in [2.75, 3.05) is 13.1 Å². The second-order valence-electron chi connectivity index (χ2n) is 6.12. The molecule has 3 rings (SSSR count). The third kappa shape index (κ3) is 3.57. The van der Waals surface area contributed by atoms with Gasteiger partial charge in [0, 0.05) is 6.54 Å². The molecule has 0 spiro atoms. The minimum atomic E-state index is -4.37. The summed E-state index contributed by atoms with van der Waals surface area (Å²) in [5.41, 5.74) is -0.247. The summed E-state index contributed by atoms with van der Waals surface area (Å²) >= 11 is 0. The Morgan fingerprint density at radius 3 is 2.58 bits per heavy atom. The zero-order chi connectivity index (χ0) is 17.3. The molecule has 24 heavy (non-hydrogen) atoms. The van der Waals surface area contributed by atoms with E-state index in [4.69, 9.17) is 0 Å². The van der Waals surface area contributed by atoms with Gasteiger partial charge in [-0.05, 0) is 53.6 Å². The quantitative estimate of drug-likeness (QED) is 0.923. The number of alkyl halides is 3. The van der Waals surface area contributed by atoms with Crippen LogP contribution in [-0.4, -0.2) is 49.4 Å². The van der Waals surface area contributed by atoms with Crippen molar-refractivity contribution in [3.8, 4) is 5.69 Å². The normalized spacial score (nSPS) is 22.7. The molecule has 2 aromatic rings. The largest absolute Gasteiger partial charge is 0.416 e. The average molecular weight is 341 g/mol. The van der Waals surface area contributed by atoms with Gasteiger partial charge in [-0.2, -0.15) is 17.9 Å². The molecule has 1 fully saturated rings. The SMILES string of the molecule is CC1CCN(Cc2nnnn2-c2ccc(C(F)(F)F)cc2)CC1O. The molecule has 0 bridgehead atoms. The van der Waals surface area contributed by atoms with Crippen LogP contribution < -0.4 is 0 Å². The summed E-state index contributed by atoms with van der Waals surface area (Å²) in [6.07, 6.45) is -3.89. The van der Waals surface area contributed by atoms with E-state index in [1.54, 1.807) is 0 Å². The molecule has 1 aromatic carbocycles.